The molecule has 236 valence electrons. The Kier molecular flexibility index (Phi) is 30.5. The van der Waals surface area contributed by atoms with Crippen LogP contribution in [0.1, 0.15) is 182 Å². The highest BCUT2D eigenvalue weighted by Crippen LogP contribution is 2.35. The molecule has 0 saturated carbocycles. The highest BCUT2D eigenvalue weighted by Gasteiger charge is 2.23. The molecule has 0 radical (unpaired) electrons. The zero-order valence-electron chi connectivity index (χ0n) is 28.7. The standard InChI is InChI=1S/C32H68B.C6H8N/c1-5-9-13-17-21-25-29-33(30-26-22-18-14-10-6-2,31-27-23-19-15-11-7-3)32-28-24-20-16-12-8-4;1-7-5-3-2-4-6-7/h5-32H2,1-4H3;2-6H,1H3/q-1;+1. The van der Waals surface area contributed by atoms with Crippen molar-refractivity contribution in [3.05, 3.63) is 30.6 Å². The first kappa shape index (κ1) is 39.2. The van der Waals surface area contributed by atoms with E-state index in [-0.39, 0.29) is 6.15 Å². The summed E-state index contributed by atoms with van der Waals surface area (Å²) < 4.78 is 2.00. The second kappa shape index (κ2) is 31.2. The Morgan fingerprint density at radius 3 is 0.825 bits per heavy atom. The van der Waals surface area contributed by atoms with Crippen LogP contribution < -0.4 is 4.57 Å². The molecule has 2 heteroatoms. The van der Waals surface area contributed by atoms with Gasteiger partial charge < -0.3 is 0 Å². The van der Waals surface area contributed by atoms with E-state index in [1.165, 1.54) is 154 Å². The molecular weight excluding hydrogens is 481 g/mol. The van der Waals surface area contributed by atoms with E-state index in [9.17, 15) is 0 Å². The summed E-state index contributed by atoms with van der Waals surface area (Å²) in [5.74, 6) is 0. The summed E-state index contributed by atoms with van der Waals surface area (Å²) in [7, 11) is 2.00. The van der Waals surface area contributed by atoms with Gasteiger partial charge in [-0.2, -0.15) is 25.3 Å². The number of nitrogens with zero attached hydrogens (tertiary/aromatic N) is 1. The third-order valence-electron chi connectivity index (χ3n) is 9.54. The number of pyridine rings is 1. The van der Waals surface area contributed by atoms with Crippen LogP contribution in [0.5, 0.6) is 0 Å². The van der Waals surface area contributed by atoms with Gasteiger partial charge in [0.15, 0.2) is 12.4 Å². The third-order valence-corrected chi connectivity index (χ3v) is 9.54. The molecule has 0 bridgehead atoms. The summed E-state index contributed by atoms with van der Waals surface area (Å²) in [6.45, 7) is 9.37. The van der Waals surface area contributed by atoms with E-state index in [0.717, 1.165) is 0 Å². The van der Waals surface area contributed by atoms with Gasteiger partial charge in [0.1, 0.15) is 7.05 Å². The van der Waals surface area contributed by atoms with Crippen molar-refractivity contribution >= 4 is 6.15 Å². The molecule has 0 aliphatic carbocycles. The van der Waals surface area contributed by atoms with Gasteiger partial charge in [-0.1, -0.05) is 188 Å². The van der Waals surface area contributed by atoms with Crippen LogP contribution in [0.2, 0.25) is 25.3 Å². The van der Waals surface area contributed by atoms with Crippen molar-refractivity contribution in [2.75, 3.05) is 0 Å². The highest BCUT2D eigenvalue weighted by atomic mass is 14.9. The van der Waals surface area contributed by atoms with Gasteiger partial charge >= 0.3 is 0 Å². The fourth-order valence-electron chi connectivity index (χ4n) is 6.78. The number of aromatic nitrogens is 1. The average molecular weight is 558 g/mol. The molecule has 0 aliphatic rings. The average Bonchev–Trinajstić information content (AvgIpc) is 2.97. The Hall–Kier alpha value is -0.785. The van der Waals surface area contributed by atoms with E-state index >= 15 is 0 Å². The highest BCUT2D eigenvalue weighted by molar-refractivity contribution is 6.79. The van der Waals surface area contributed by atoms with Crippen LogP contribution in [0.25, 0.3) is 0 Å². The van der Waals surface area contributed by atoms with E-state index in [1.807, 2.05) is 42.2 Å². The zero-order chi connectivity index (χ0) is 29.4. The largest absolute Gasteiger partial charge is 0.208 e. The van der Waals surface area contributed by atoms with Crippen LogP contribution in [-0.4, -0.2) is 6.15 Å². The predicted molar refractivity (Wildman–Crippen MR) is 186 cm³/mol. The Bertz CT molecular complexity index is 517. The summed E-state index contributed by atoms with van der Waals surface area (Å²) >= 11 is 0. The normalized spacial score (nSPS) is 11.4. The Morgan fingerprint density at radius 1 is 0.350 bits per heavy atom. The summed E-state index contributed by atoms with van der Waals surface area (Å²) in [6, 6.07) is 6.00. The summed E-state index contributed by atoms with van der Waals surface area (Å²) in [4.78, 5) is 0. The summed E-state index contributed by atoms with van der Waals surface area (Å²) in [5.41, 5.74) is 0. The van der Waals surface area contributed by atoms with Crippen molar-refractivity contribution in [3.63, 3.8) is 0 Å². The first-order valence-electron chi connectivity index (χ1n) is 18.8. The topological polar surface area (TPSA) is 3.88 Å². The van der Waals surface area contributed by atoms with Crippen LogP contribution in [0.3, 0.4) is 0 Å². The first-order valence-corrected chi connectivity index (χ1v) is 18.8. The number of aryl methyl sites for hydroxylation is 1. The van der Waals surface area contributed by atoms with E-state index in [0.29, 0.717) is 0 Å². The molecule has 0 aromatic carbocycles. The SMILES string of the molecule is CCCCCCCC[B-](CCCCCCCC)(CCCCCCCC)CCCCCCCC.C[n+]1ccccc1. The molecule has 0 atom stereocenters. The van der Waals surface area contributed by atoms with E-state index in [2.05, 4.69) is 27.7 Å². The maximum Gasteiger partial charge on any atom is 0.168 e. The second-order valence-electron chi connectivity index (χ2n) is 13.5. The molecule has 1 rings (SSSR count). The molecule has 0 N–H and O–H groups in total. The second-order valence-corrected chi connectivity index (χ2v) is 13.5. The van der Waals surface area contributed by atoms with Gasteiger partial charge in [-0.15, -0.1) is 0 Å². The van der Waals surface area contributed by atoms with E-state index in [1.54, 1.807) is 25.3 Å². The molecule has 0 unspecified atom stereocenters. The molecule has 1 heterocycles. The van der Waals surface area contributed by atoms with Gasteiger partial charge in [-0.3, -0.25) is 0 Å². The van der Waals surface area contributed by atoms with Crippen molar-refractivity contribution in [2.24, 2.45) is 7.05 Å². The lowest BCUT2D eigenvalue weighted by Crippen LogP contribution is -2.34. The summed E-state index contributed by atoms with van der Waals surface area (Å²) in [6.07, 6.45) is 45.6. The monoisotopic (exact) mass is 558 g/mol. The minimum atomic E-state index is -0.104. The lowest BCUT2D eigenvalue weighted by atomic mass is 9.17. The predicted octanol–water partition coefficient (Wildman–Crippen LogP) is 13.4. The first-order chi connectivity index (χ1) is 19.6. The van der Waals surface area contributed by atoms with Gasteiger partial charge in [0.25, 0.3) is 0 Å². The van der Waals surface area contributed by atoms with Crippen molar-refractivity contribution in [1.82, 2.24) is 0 Å². The molecule has 0 aliphatic heterocycles. The molecule has 1 nitrogen and oxygen atoms in total. The number of hydrogen-bond acceptors (Lipinski definition) is 0. The number of unbranched alkanes of at least 4 members (excludes halogenated alkanes) is 20. The fourth-order valence-corrected chi connectivity index (χ4v) is 6.78. The van der Waals surface area contributed by atoms with Gasteiger partial charge in [0.2, 0.25) is 0 Å². The van der Waals surface area contributed by atoms with Crippen molar-refractivity contribution in [2.45, 2.75) is 207 Å². The Balaban J connectivity index is 0.00000187. The zero-order valence-corrected chi connectivity index (χ0v) is 28.7. The molecular formula is C38H76BN. The van der Waals surface area contributed by atoms with E-state index < -0.39 is 0 Å². The van der Waals surface area contributed by atoms with Crippen LogP contribution >= 0.6 is 0 Å². The van der Waals surface area contributed by atoms with Crippen LogP contribution in [0.15, 0.2) is 30.6 Å². The van der Waals surface area contributed by atoms with E-state index in [4.69, 9.17) is 0 Å². The lowest BCUT2D eigenvalue weighted by Gasteiger charge is -2.41. The number of rotatable bonds is 28. The van der Waals surface area contributed by atoms with Gasteiger partial charge in [-0.25, -0.2) is 4.57 Å². The van der Waals surface area contributed by atoms with Gasteiger partial charge in [-0.05, 0) is 0 Å². The molecule has 1 aromatic rings. The van der Waals surface area contributed by atoms with Crippen LogP contribution in [0.4, 0.5) is 0 Å². The van der Waals surface area contributed by atoms with Gasteiger partial charge in [0.05, 0.1) is 0 Å². The lowest BCUT2D eigenvalue weighted by molar-refractivity contribution is -0.671. The molecule has 1 aromatic heterocycles. The van der Waals surface area contributed by atoms with Crippen LogP contribution in [-0.2, 0) is 7.05 Å². The third kappa shape index (κ3) is 26.1. The maximum absolute atomic E-state index is 2.34. The smallest absolute Gasteiger partial charge is 0.168 e. The molecule has 0 spiro atoms. The molecule has 0 amide bonds. The quantitative estimate of drug-likeness (QED) is 0.0548. The van der Waals surface area contributed by atoms with Gasteiger partial charge in [0, 0.05) is 18.3 Å². The van der Waals surface area contributed by atoms with Crippen LogP contribution in [0, 0.1) is 0 Å². The molecule has 40 heavy (non-hydrogen) atoms. The Morgan fingerprint density at radius 2 is 0.600 bits per heavy atom. The molecule has 0 fully saturated rings. The maximum atomic E-state index is 2.34. The van der Waals surface area contributed by atoms with Crippen molar-refractivity contribution < 1.29 is 4.57 Å². The number of hydrogen-bond donors (Lipinski definition) is 0. The molecule has 0 saturated heterocycles. The van der Waals surface area contributed by atoms with Crippen molar-refractivity contribution in [3.8, 4) is 0 Å². The van der Waals surface area contributed by atoms with Crippen molar-refractivity contribution in [1.29, 1.82) is 0 Å². The minimum absolute atomic E-state index is 0.104. The fraction of sp³-hybridized carbons (Fsp3) is 0.868. The summed E-state index contributed by atoms with van der Waals surface area (Å²) in [5, 5.41) is 0. The Labute approximate surface area is 255 Å². The minimum Gasteiger partial charge on any atom is -0.208 e.